The zero-order chi connectivity index (χ0) is 12.1. The Morgan fingerprint density at radius 3 is 1.93 bits per heavy atom. The molecule has 0 heterocycles. The zero-order valence-corrected chi connectivity index (χ0v) is 10.0. The minimum absolute atomic E-state index is 0.686. The highest BCUT2D eigenvalue weighted by Crippen LogP contribution is 2.09. The molecule has 0 aromatic heterocycles. The summed E-state index contributed by atoms with van der Waals surface area (Å²) in [7, 11) is 0. The van der Waals surface area contributed by atoms with Crippen LogP contribution in [0.3, 0.4) is 0 Å². The first-order valence-electron chi connectivity index (χ1n) is 4.86. The first kappa shape index (κ1) is 15.8. The fourth-order valence-corrected chi connectivity index (χ4v) is 0.622. The fraction of sp³-hybridized carbons (Fsp3) is 0.214. The molecule has 0 amide bonds. The smallest absolute Gasteiger partial charge is 0.0619 e. The van der Waals surface area contributed by atoms with Crippen LogP contribution in [-0.2, 0) is 0 Å². The maximum atomic E-state index is 3.71. The second-order valence-corrected chi connectivity index (χ2v) is 2.61. The number of aliphatic imine (C=N–C) groups is 1. The van der Waals surface area contributed by atoms with Crippen molar-refractivity contribution in [1.29, 1.82) is 0 Å². The van der Waals surface area contributed by atoms with Crippen molar-refractivity contribution in [2.45, 2.75) is 20.8 Å². The van der Waals surface area contributed by atoms with Crippen molar-refractivity contribution < 1.29 is 0 Å². The minimum atomic E-state index is 0.686. The molecule has 0 radical (unpaired) electrons. The van der Waals surface area contributed by atoms with E-state index >= 15 is 0 Å². The summed E-state index contributed by atoms with van der Waals surface area (Å²) in [4.78, 5) is 3.71. The molecular formula is C14H21N. The lowest BCUT2D eigenvalue weighted by molar-refractivity contribution is 1.37. The molecule has 0 bridgehead atoms. The van der Waals surface area contributed by atoms with Gasteiger partial charge < -0.3 is 0 Å². The Balaban J connectivity index is 0. The molecule has 0 N–H and O–H groups in total. The van der Waals surface area contributed by atoms with Gasteiger partial charge in [-0.25, -0.2) is 0 Å². The second kappa shape index (κ2) is 12.4. The van der Waals surface area contributed by atoms with Gasteiger partial charge in [0.1, 0.15) is 0 Å². The quantitative estimate of drug-likeness (QED) is 0.363. The molecule has 0 aliphatic rings. The summed E-state index contributed by atoms with van der Waals surface area (Å²) in [6, 6.07) is 0. The molecule has 0 aliphatic heterocycles. The van der Waals surface area contributed by atoms with Gasteiger partial charge in [-0.1, -0.05) is 49.6 Å². The number of nitrogens with zero attached hydrogens (tertiary/aromatic N) is 1. The summed E-state index contributed by atoms with van der Waals surface area (Å²) in [5, 5.41) is 0. The van der Waals surface area contributed by atoms with Gasteiger partial charge in [0.15, 0.2) is 0 Å². The first-order chi connectivity index (χ1) is 7.17. The van der Waals surface area contributed by atoms with E-state index < -0.39 is 0 Å². The summed E-state index contributed by atoms with van der Waals surface area (Å²) in [5.41, 5.74) is 1.66. The third-order valence-electron chi connectivity index (χ3n) is 1.58. The summed E-state index contributed by atoms with van der Waals surface area (Å²) in [6.45, 7) is 16.6. The van der Waals surface area contributed by atoms with Crippen LogP contribution < -0.4 is 0 Å². The predicted molar refractivity (Wildman–Crippen MR) is 72.3 cm³/mol. The fourth-order valence-electron chi connectivity index (χ4n) is 0.622. The lowest BCUT2D eigenvalue weighted by Crippen LogP contribution is -1.78. The largest absolute Gasteiger partial charge is 0.265 e. The molecule has 0 atom stereocenters. The van der Waals surface area contributed by atoms with Crippen molar-refractivity contribution in [3.05, 3.63) is 60.9 Å². The number of hydrogen-bond acceptors (Lipinski definition) is 1. The summed E-state index contributed by atoms with van der Waals surface area (Å²) in [6.07, 6.45) is 11.4. The van der Waals surface area contributed by atoms with Crippen molar-refractivity contribution in [3.8, 4) is 0 Å². The lowest BCUT2D eigenvalue weighted by Gasteiger charge is -1.96. The molecule has 0 spiro atoms. The zero-order valence-electron chi connectivity index (χ0n) is 10.0. The molecular weight excluding hydrogens is 182 g/mol. The van der Waals surface area contributed by atoms with Crippen LogP contribution in [0, 0.1) is 0 Å². The molecule has 0 saturated heterocycles. The number of hydrogen-bond donors (Lipinski definition) is 0. The number of rotatable bonds is 4. The van der Waals surface area contributed by atoms with Gasteiger partial charge >= 0.3 is 0 Å². The molecule has 0 rings (SSSR count). The molecule has 0 aromatic rings. The van der Waals surface area contributed by atoms with E-state index in [1.165, 1.54) is 0 Å². The van der Waals surface area contributed by atoms with E-state index in [0.29, 0.717) is 5.70 Å². The third-order valence-corrected chi connectivity index (χ3v) is 1.58. The van der Waals surface area contributed by atoms with Gasteiger partial charge in [0.05, 0.1) is 5.70 Å². The lowest BCUT2D eigenvalue weighted by atomic mass is 10.2. The van der Waals surface area contributed by atoms with Gasteiger partial charge in [0, 0.05) is 0 Å². The van der Waals surface area contributed by atoms with Crippen LogP contribution in [0.5, 0.6) is 0 Å². The van der Waals surface area contributed by atoms with Crippen LogP contribution in [0.15, 0.2) is 65.9 Å². The maximum Gasteiger partial charge on any atom is 0.0619 e. The molecule has 0 aromatic carbocycles. The molecule has 0 saturated carbocycles. The van der Waals surface area contributed by atoms with E-state index in [1.807, 2.05) is 51.2 Å². The van der Waals surface area contributed by atoms with Crippen molar-refractivity contribution in [2.24, 2.45) is 4.99 Å². The van der Waals surface area contributed by atoms with E-state index in [9.17, 15) is 0 Å². The van der Waals surface area contributed by atoms with Crippen molar-refractivity contribution in [2.75, 3.05) is 0 Å². The maximum absolute atomic E-state index is 3.71. The predicted octanol–water partition coefficient (Wildman–Crippen LogP) is 4.47. The van der Waals surface area contributed by atoms with Gasteiger partial charge in [0.2, 0.25) is 0 Å². The Kier molecular flexibility index (Phi) is 13.1. The van der Waals surface area contributed by atoms with E-state index in [4.69, 9.17) is 0 Å². The van der Waals surface area contributed by atoms with E-state index in [2.05, 4.69) is 24.9 Å². The monoisotopic (exact) mass is 203 g/mol. The Morgan fingerprint density at radius 2 is 1.67 bits per heavy atom. The first-order valence-corrected chi connectivity index (χ1v) is 4.86. The molecule has 0 unspecified atom stereocenters. The van der Waals surface area contributed by atoms with Gasteiger partial charge in [-0.05, 0) is 33.1 Å². The van der Waals surface area contributed by atoms with Crippen LogP contribution in [0.25, 0.3) is 0 Å². The van der Waals surface area contributed by atoms with Crippen LogP contribution in [0.1, 0.15) is 20.8 Å². The van der Waals surface area contributed by atoms with Crippen LogP contribution in [0.2, 0.25) is 0 Å². The summed E-state index contributed by atoms with van der Waals surface area (Å²) < 4.78 is 0. The number of allylic oxidation sites excluding steroid dienone is 6. The normalized spacial score (nSPS) is 11.0. The Bertz CT molecular complexity index is 274. The molecule has 15 heavy (non-hydrogen) atoms. The van der Waals surface area contributed by atoms with E-state index in [1.54, 1.807) is 6.08 Å². The van der Waals surface area contributed by atoms with Crippen molar-refractivity contribution in [1.82, 2.24) is 0 Å². The molecule has 1 nitrogen and oxygen atoms in total. The Hall–Kier alpha value is -1.63. The molecule has 1 heteroatoms. The van der Waals surface area contributed by atoms with E-state index in [0.717, 1.165) is 5.57 Å². The third kappa shape index (κ3) is 10.3. The SMILES string of the molecule is C/C=C\C.C=C/C=C\C(=C/C)C(=C)N=C. The van der Waals surface area contributed by atoms with Crippen LogP contribution in [-0.4, -0.2) is 6.72 Å². The second-order valence-electron chi connectivity index (χ2n) is 2.61. The van der Waals surface area contributed by atoms with Crippen LogP contribution in [0.4, 0.5) is 0 Å². The van der Waals surface area contributed by atoms with E-state index in [-0.39, 0.29) is 0 Å². The Labute approximate surface area is 93.9 Å². The molecule has 82 valence electrons. The average molecular weight is 203 g/mol. The van der Waals surface area contributed by atoms with Gasteiger partial charge in [-0.15, -0.1) is 0 Å². The summed E-state index contributed by atoms with van der Waals surface area (Å²) >= 11 is 0. The van der Waals surface area contributed by atoms with Gasteiger partial charge in [-0.3, -0.25) is 4.99 Å². The summed E-state index contributed by atoms with van der Waals surface area (Å²) in [5.74, 6) is 0. The Morgan fingerprint density at radius 1 is 1.13 bits per heavy atom. The van der Waals surface area contributed by atoms with Crippen molar-refractivity contribution >= 4 is 6.72 Å². The standard InChI is InChI=1S/C10H13N.C4H8/c1-5-7-8-10(6-2)9(3)11-4;1-3-4-2/h5-8H,1,3-4H2,2H3;3-4H,1-2H3/b8-7-,10-6+;4-3-. The topological polar surface area (TPSA) is 12.4 Å². The van der Waals surface area contributed by atoms with Gasteiger partial charge in [0.25, 0.3) is 0 Å². The highest BCUT2D eigenvalue weighted by atomic mass is 14.7. The van der Waals surface area contributed by atoms with Crippen LogP contribution >= 0.6 is 0 Å². The average Bonchev–Trinajstić information content (AvgIpc) is 2.30. The highest BCUT2D eigenvalue weighted by Gasteiger charge is 1.91. The van der Waals surface area contributed by atoms with Crippen molar-refractivity contribution in [3.63, 3.8) is 0 Å². The molecule has 0 fully saturated rings. The highest BCUT2D eigenvalue weighted by molar-refractivity contribution is 5.42. The van der Waals surface area contributed by atoms with Gasteiger partial charge in [-0.2, -0.15) is 0 Å². The molecule has 0 aliphatic carbocycles. The minimum Gasteiger partial charge on any atom is -0.265 e.